The fourth-order valence-electron chi connectivity index (χ4n) is 2.47. The molecule has 1 aromatic carbocycles. The predicted octanol–water partition coefficient (Wildman–Crippen LogP) is 1.76. The third-order valence-electron chi connectivity index (χ3n) is 3.93. The van der Waals surface area contributed by atoms with E-state index in [-0.39, 0.29) is 11.7 Å². The molecule has 0 spiro atoms. The summed E-state index contributed by atoms with van der Waals surface area (Å²) < 4.78 is 6.65. The number of rotatable bonds is 9. The number of aromatic nitrogens is 3. The van der Waals surface area contributed by atoms with Crippen LogP contribution in [0, 0.1) is 0 Å². The summed E-state index contributed by atoms with van der Waals surface area (Å²) >= 11 is 6.28. The van der Waals surface area contributed by atoms with Crippen LogP contribution in [0.4, 0.5) is 0 Å². The summed E-state index contributed by atoms with van der Waals surface area (Å²) in [4.78, 5) is 16.8. The van der Waals surface area contributed by atoms with Crippen molar-refractivity contribution < 1.29 is 9.53 Å². The lowest BCUT2D eigenvalue weighted by Gasteiger charge is -2.06. The molecule has 0 bridgehead atoms. The van der Waals surface area contributed by atoms with E-state index in [0.717, 1.165) is 30.9 Å². The van der Waals surface area contributed by atoms with Crippen LogP contribution in [-0.2, 0) is 4.74 Å². The van der Waals surface area contributed by atoms with Crippen LogP contribution in [0.5, 0.6) is 0 Å². The van der Waals surface area contributed by atoms with Gasteiger partial charge in [0.1, 0.15) is 5.82 Å². The Hall–Kier alpha value is -1.96. The largest absolute Gasteiger partial charge is 0.383 e. The van der Waals surface area contributed by atoms with E-state index in [0.29, 0.717) is 30.6 Å². The first-order chi connectivity index (χ1) is 12.2. The lowest BCUT2D eigenvalue weighted by atomic mass is 10.3. The van der Waals surface area contributed by atoms with Gasteiger partial charge in [-0.25, -0.2) is 9.67 Å². The summed E-state index contributed by atoms with van der Waals surface area (Å²) in [7, 11) is 1.65. The van der Waals surface area contributed by atoms with Gasteiger partial charge in [0.05, 0.1) is 17.3 Å². The molecule has 25 heavy (non-hydrogen) atoms. The third-order valence-corrected chi connectivity index (χ3v) is 4.25. The van der Waals surface area contributed by atoms with Crippen LogP contribution >= 0.6 is 11.6 Å². The molecule has 1 aromatic heterocycles. The number of hydrogen-bond donors (Lipinski definition) is 2. The topological polar surface area (TPSA) is 81.1 Å². The van der Waals surface area contributed by atoms with Crippen molar-refractivity contribution >= 4 is 17.5 Å². The Bertz CT molecular complexity index is 730. The fourth-order valence-corrected chi connectivity index (χ4v) is 2.69. The number of halogens is 1. The maximum Gasteiger partial charge on any atom is 0.291 e. The second kappa shape index (κ2) is 8.42. The zero-order chi connectivity index (χ0) is 17.6. The van der Waals surface area contributed by atoms with Crippen LogP contribution < -0.4 is 10.6 Å². The second-order valence-corrected chi connectivity index (χ2v) is 6.34. The van der Waals surface area contributed by atoms with E-state index in [2.05, 4.69) is 20.7 Å². The molecule has 0 saturated heterocycles. The molecule has 8 heteroatoms. The smallest absolute Gasteiger partial charge is 0.291 e. The van der Waals surface area contributed by atoms with Crippen molar-refractivity contribution in [3.05, 3.63) is 40.9 Å². The van der Waals surface area contributed by atoms with Crippen molar-refractivity contribution in [2.75, 3.05) is 33.4 Å². The summed E-state index contributed by atoms with van der Waals surface area (Å²) in [5, 5.41) is 11.0. The maximum absolute atomic E-state index is 12.3. The minimum Gasteiger partial charge on any atom is -0.383 e. The number of benzene rings is 1. The van der Waals surface area contributed by atoms with Crippen LogP contribution in [0.25, 0.3) is 5.69 Å². The molecule has 2 N–H and O–H groups in total. The van der Waals surface area contributed by atoms with Crippen molar-refractivity contribution in [2.24, 2.45) is 0 Å². The van der Waals surface area contributed by atoms with Gasteiger partial charge < -0.3 is 15.4 Å². The van der Waals surface area contributed by atoms with E-state index in [1.807, 2.05) is 18.2 Å². The summed E-state index contributed by atoms with van der Waals surface area (Å²) in [6.45, 7) is 2.55. The van der Waals surface area contributed by atoms with Gasteiger partial charge in [0.25, 0.3) is 5.91 Å². The van der Waals surface area contributed by atoms with Crippen molar-refractivity contribution in [3.8, 4) is 5.69 Å². The minimum absolute atomic E-state index is 0.179. The molecule has 7 nitrogen and oxygen atoms in total. The Kier molecular flexibility index (Phi) is 6.01. The van der Waals surface area contributed by atoms with Crippen LogP contribution in [-0.4, -0.2) is 54.0 Å². The highest BCUT2D eigenvalue weighted by atomic mass is 35.5. The monoisotopic (exact) mass is 363 g/mol. The quantitative estimate of drug-likeness (QED) is 0.663. The van der Waals surface area contributed by atoms with E-state index < -0.39 is 0 Å². The summed E-state index contributed by atoms with van der Waals surface area (Å²) in [6.07, 6.45) is 2.13. The second-order valence-electron chi connectivity index (χ2n) is 5.93. The number of nitrogens with zero attached hydrogens (tertiary/aromatic N) is 3. The molecular weight excluding hydrogens is 342 g/mol. The Morgan fingerprint density at radius 3 is 2.84 bits per heavy atom. The Morgan fingerprint density at radius 1 is 1.32 bits per heavy atom. The first kappa shape index (κ1) is 17.8. The average Bonchev–Trinajstić information content (AvgIpc) is 3.37. The normalized spacial score (nSPS) is 13.8. The predicted molar refractivity (Wildman–Crippen MR) is 95.4 cm³/mol. The highest BCUT2D eigenvalue weighted by Crippen LogP contribution is 2.40. The highest BCUT2D eigenvalue weighted by Gasteiger charge is 2.31. The highest BCUT2D eigenvalue weighted by molar-refractivity contribution is 6.32. The molecular formula is C17H22ClN5O2. The van der Waals surface area contributed by atoms with E-state index in [1.54, 1.807) is 17.9 Å². The first-order valence-electron chi connectivity index (χ1n) is 8.40. The van der Waals surface area contributed by atoms with Crippen LogP contribution in [0.3, 0.4) is 0 Å². The Balaban J connectivity index is 1.67. The zero-order valence-electron chi connectivity index (χ0n) is 14.2. The van der Waals surface area contributed by atoms with Gasteiger partial charge >= 0.3 is 0 Å². The third kappa shape index (κ3) is 4.56. The molecule has 1 aliphatic carbocycles. The van der Waals surface area contributed by atoms with Crippen molar-refractivity contribution in [1.82, 2.24) is 25.4 Å². The van der Waals surface area contributed by atoms with Crippen LogP contribution in [0.1, 0.15) is 35.2 Å². The Labute approximate surface area is 151 Å². The minimum atomic E-state index is -0.277. The summed E-state index contributed by atoms with van der Waals surface area (Å²) in [5.74, 6) is 1.05. The molecule has 1 saturated carbocycles. The molecule has 3 rings (SSSR count). The van der Waals surface area contributed by atoms with Gasteiger partial charge in [-0.05, 0) is 25.0 Å². The molecule has 1 heterocycles. The van der Waals surface area contributed by atoms with Gasteiger partial charge in [-0.1, -0.05) is 23.7 Å². The van der Waals surface area contributed by atoms with Crippen LogP contribution in [0.15, 0.2) is 24.3 Å². The number of nitrogens with one attached hydrogen (secondary N) is 2. The number of amides is 1. The van der Waals surface area contributed by atoms with Gasteiger partial charge in [0, 0.05) is 32.7 Å². The molecule has 0 unspecified atom stereocenters. The van der Waals surface area contributed by atoms with Crippen molar-refractivity contribution in [3.63, 3.8) is 0 Å². The molecule has 1 fully saturated rings. The SMILES string of the molecule is COCCNCCNC(=O)c1nc(C2CC2)n(-c2ccccc2Cl)n1. The van der Waals surface area contributed by atoms with Gasteiger partial charge in [0.2, 0.25) is 5.82 Å². The number of ether oxygens (including phenoxy) is 1. The molecule has 2 aromatic rings. The number of carbonyl (C=O) groups is 1. The van der Waals surface area contributed by atoms with Gasteiger partial charge in [-0.3, -0.25) is 4.79 Å². The molecule has 1 aliphatic rings. The van der Waals surface area contributed by atoms with E-state index in [1.165, 1.54) is 0 Å². The fraction of sp³-hybridized carbons (Fsp3) is 0.471. The summed E-state index contributed by atoms with van der Waals surface area (Å²) in [6, 6.07) is 7.44. The molecule has 1 amide bonds. The van der Waals surface area contributed by atoms with Gasteiger partial charge in [-0.2, -0.15) is 0 Å². The lowest BCUT2D eigenvalue weighted by Crippen LogP contribution is -2.33. The lowest BCUT2D eigenvalue weighted by molar-refractivity contribution is 0.0943. The Morgan fingerprint density at radius 2 is 2.12 bits per heavy atom. The van der Waals surface area contributed by atoms with E-state index >= 15 is 0 Å². The molecule has 134 valence electrons. The van der Waals surface area contributed by atoms with Crippen molar-refractivity contribution in [2.45, 2.75) is 18.8 Å². The number of para-hydroxylation sites is 1. The first-order valence-corrected chi connectivity index (χ1v) is 8.78. The van der Waals surface area contributed by atoms with E-state index in [4.69, 9.17) is 16.3 Å². The molecule has 0 atom stereocenters. The van der Waals surface area contributed by atoms with E-state index in [9.17, 15) is 4.79 Å². The van der Waals surface area contributed by atoms with Crippen molar-refractivity contribution in [1.29, 1.82) is 0 Å². The van der Waals surface area contributed by atoms with Gasteiger partial charge in [-0.15, -0.1) is 5.10 Å². The van der Waals surface area contributed by atoms with Crippen LogP contribution in [0.2, 0.25) is 5.02 Å². The average molecular weight is 364 g/mol. The standard InChI is InChI=1S/C17H22ClN5O2/c1-25-11-10-19-8-9-20-17(24)15-21-16(12-6-7-12)23(22-15)14-5-3-2-4-13(14)18/h2-5,12,19H,6-11H2,1H3,(H,20,24). The summed E-state index contributed by atoms with van der Waals surface area (Å²) in [5.41, 5.74) is 0.749. The number of methoxy groups -OCH3 is 1. The number of hydrogen-bond acceptors (Lipinski definition) is 5. The zero-order valence-corrected chi connectivity index (χ0v) is 14.9. The number of carbonyl (C=O) groups excluding carboxylic acids is 1. The van der Waals surface area contributed by atoms with Gasteiger partial charge in [0.15, 0.2) is 0 Å². The molecule has 0 radical (unpaired) electrons. The molecule has 0 aliphatic heterocycles. The maximum atomic E-state index is 12.3.